The zero-order valence-electron chi connectivity index (χ0n) is 11.8. The molecule has 2 rings (SSSR count). The van der Waals surface area contributed by atoms with Crippen LogP contribution >= 0.6 is 0 Å². The van der Waals surface area contributed by atoms with Gasteiger partial charge in [-0.05, 0) is 24.6 Å². The van der Waals surface area contributed by atoms with E-state index in [1.54, 1.807) is 24.3 Å². The molecule has 0 bridgehead atoms. The van der Waals surface area contributed by atoms with Gasteiger partial charge in [-0.3, -0.25) is 19.8 Å². The molecule has 1 aromatic carbocycles. The van der Waals surface area contributed by atoms with Gasteiger partial charge in [0.2, 0.25) is 11.8 Å². The van der Waals surface area contributed by atoms with Gasteiger partial charge in [0.15, 0.2) is 0 Å². The first kappa shape index (κ1) is 15.0. The van der Waals surface area contributed by atoms with E-state index in [2.05, 4.69) is 5.32 Å². The first-order valence-electron chi connectivity index (χ1n) is 6.84. The molecular formula is C15H17N3O3. The van der Waals surface area contributed by atoms with Gasteiger partial charge in [-0.1, -0.05) is 13.0 Å². The van der Waals surface area contributed by atoms with E-state index in [4.69, 9.17) is 10.00 Å². The van der Waals surface area contributed by atoms with Gasteiger partial charge >= 0.3 is 0 Å². The Kier molecular flexibility index (Phi) is 4.90. The number of ether oxygens (including phenoxy) is 1. The molecular weight excluding hydrogens is 270 g/mol. The maximum atomic E-state index is 11.7. The summed E-state index contributed by atoms with van der Waals surface area (Å²) in [5.74, 6) is 0.0753. The van der Waals surface area contributed by atoms with Crippen molar-refractivity contribution in [2.24, 2.45) is 0 Å². The summed E-state index contributed by atoms with van der Waals surface area (Å²) in [5, 5.41) is 11.2. The molecule has 1 N–H and O–H groups in total. The standard InChI is InChI=1S/C15H17N3O3/c1-2-13-15(20)17-14(19)10-18(13)6-7-21-12-5-3-4-11(8-12)9-16/h3-5,8,13H,2,6-7,10H2,1H3,(H,17,19,20). The van der Waals surface area contributed by atoms with Crippen LogP contribution in [0.15, 0.2) is 24.3 Å². The third-order valence-corrected chi connectivity index (χ3v) is 3.35. The fraction of sp³-hybridized carbons (Fsp3) is 0.400. The zero-order valence-corrected chi connectivity index (χ0v) is 11.8. The summed E-state index contributed by atoms with van der Waals surface area (Å²) in [7, 11) is 0. The SMILES string of the molecule is CCC1C(=O)NC(=O)CN1CCOc1cccc(C#N)c1. The van der Waals surface area contributed by atoms with E-state index in [9.17, 15) is 9.59 Å². The summed E-state index contributed by atoms with van der Waals surface area (Å²) in [4.78, 5) is 24.9. The largest absolute Gasteiger partial charge is 0.492 e. The summed E-state index contributed by atoms with van der Waals surface area (Å²) < 4.78 is 5.58. The van der Waals surface area contributed by atoms with E-state index in [1.807, 2.05) is 17.9 Å². The van der Waals surface area contributed by atoms with Crippen molar-refractivity contribution in [2.45, 2.75) is 19.4 Å². The number of hydrogen-bond donors (Lipinski definition) is 1. The Morgan fingerprint density at radius 3 is 3.00 bits per heavy atom. The molecule has 6 nitrogen and oxygen atoms in total. The predicted octanol–water partition coefficient (Wildman–Crippen LogP) is 0.674. The van der Waals surface area contributed by atoms with Crippen LogP contribution in [0.25, 0.3) is 0 Å². The number of nitrogens with one attached hydrogen (secondary N) is 1. The summed E-state index contributed by atoms with van der Waals surface area (Å²) in [6, 6.07) is 8.63. The van der Waals surface area contributed by atoms with Gasteiger partial charge in [0.05, 0.1) is 24.2 Å². The quantitative estimate of drug-likeness (QED) is 0.805. The van der Waals surface area contributed by atoms with Crippen LogP contribution in [-0.4, -0.2) is 42.5 Å². The second-order valence-electron chi connectivity index (χ2n) is 4.80. The van der Waals surface area contributed by atoms with E-state index in [-0.39, 0.29) is 24.4 Å². The minimum absolute atomic E-state index is 0.200. The molecule has 1 saturated heterocycles. The minimum Gasteiger partial charge on any atom is -0.492 e. The topological polar surface area (TPSA) is 82.4 Å². The highest BCUT2D eigenvalue weighted by molar-refractivity contribution is 6.01. The van der Waals surface area contributed by atoms with E-state index >= 15 is 0 Å². The maximum absolute atomic E-state index is 11.7. The Morgan fingerprint density at radius 1 is 1.48 bits per heavy atom. The predicted molar refractivity (Wildman–Crippen MR) is 75.5 cm³/mol. The normalized spacial score (nSPS) is 19.0. The maximum Gasteiger partial charge on any atom is 0.243 e. The van der Waals surface area contributed by atoms with Gasteiger partial charge in [-0.15, -0.1) is 0 Å². The lowest BCUT2D eigenvalue weighted by atomic mass is 10.1. The van der Waals surface area contributed by atoms with Crippen LogP contribution in [0.3, 0.4) is 0 Å². The average Bonchev–Trinajstić information content (AvgIpc) is 2.47. The van der Waals surface area contributed by atoms with Crippen molar-refractivity contribution in [3.05, 3.63) is 29.8 Å². The number of carbonyl (C=O) groups excluding carboxylic acids is 2. The Morgan fingerprint density at radius 2 is 2.29 bits per heavy atom. The van der Waals surface area contributed by atoms with Crippen LogP contribution in [0, 0.1) is 11.3 Å². The van der Waals surface area contributed by atoms with Crippen LogP contribution in [0.1, 0.15) is 18.9 Å². The van der Waals surface area contributed by atoms with E-state index in [0.29, 0.717) is 30.9 Å². The summed E-state index contributed by atoms with van der Waals surface area (Å²) in [6.45, 7) is 2.94. The minimum atomic E-state index is -0.295. The summed E-state index contributed by atoms with van der Waals surface area (Å²) >= 11 is 0. The first-order chi connectivity index (χ1) is 10.1. The lowest BCUT2D eigenvalue weighted by Crippen LogP contribution is -2.58. The summed E-state index contributed by atoms with van der Waals surface area (Å²) in [5.41, 5.74) is 0.534. The highest BCUT2D eigenvalue weighted by Crippen LogP contribution is 2.13. The van der Waals surface area contributed by atoms with Crippen molar-refractivity contribution in [3.8, 4) is 11.8 Å². The van der Waals surface area contributed by atoms with Crippen molar-refractivity contribution in [3.63, 3.8) is 0 Å². The molecule has 21 heavy (non-hydrogen) atoms. The number of nitrogens with zero attached hydrogens (tertiary/aromatic N) is 2. The fourth-order valence-corrected chi connectivity index (χ4v) is 2.34. The molecule has 6 heteroatoms. The molecule has 0 aromatic heterocycles. The molecule has 110 valence electrons. The number of piperazine rings is 1. The first-order valence-corrected chi connectivity index (χ1v) is 6.84. The molecule has 0 spiro atoms. The third-order valence-electron chi connectivity index (χ3n) is 3.35. The van der Waals surface area contributed by atoms with E-state index in [1.165, 1.54) is 0 Å². The second kappa shape index (κ2) is 6.86. The zero-order chi connectivity index (χ0) is 15.2. The van der Waals surface area contributed by atoms with Crippen LogP contribution in [0.4, 0.5) is 0 Å². The van der Waals surface area contributed by atoms with Gasteiger partial charge in [0, 0.05) is 6.54 Å². The molecule has 1 aromatic rings. The van der Waals surface area contributed by atoms with Crippen molar-refractivity contribution in [2.75, 3.05) is 19.7 Å². The van der Waals surface area contributed by atoms with E-state index in [0.717, 1.165) is 0 Å². The van der Waals surface area contributed by atoms with Crippen LogP contribution in [0.2, 0.25) is 0 Å². The Labute approximate surface area is 123 Å². The molecule has 1 heterocycles. The molecule has 0 saturated carbocycles. The Balaban J connectivity index is 1.91. The van der Waals surface area contributed by atoms with Crippen LogP contribution in [0.5, 0.6) is 5.75 Å². The van der Waals surface area contributed by atoms with Crippen molar-refractivity contribution in [1.82, 2.24) is 10.2 Å². The van der Waals surface area contributed by atoms with Crippen LogP contribution < -0.4 is 10.1 Å². The number of carbonyl (C=O) groups is 2. The third kappa shape index (κ3) is 3.80. The van der Waals surface area contributed by atoms with Crippen LogP contribution in [-0.2, 0) is 9.59 Å². The molecule has 1 fully saturated rings. The van der Waals surface area contributed by atoms with Gasteiger partial charge in [-0.25, -0.2) is 0 Å². The highest BCUT2D eigenvalue weighted by atomic mass is 16.5. The number of imide groups is 1. The number of nitriles is 1. The molecule has 1 aliphatic rings. The highest BCUT2D eigenvalue weighted by Gasteiger charge is 2.31. The lowest BCUT2D eigenvalue weighted by molar-refractivity contribution is -0.140. The van der Waals surface area contributed by atoms with Gasteiger partial charge in [0.1, 0.15) is 12.4 Å². The Bertz CT molecular complexity index is 580. The molecule has 1 atom stereocenters. The summed E-state index contributed by atoms with van der Waals surface area (Å²) in [6.07, 6.45) is 0.642. The van der Waals surface area contributed by atoms with Gasteiger partial charge in [-0.2, -0.15) is 5.26 Å². The number of hydrogen-bond acceptors (Lipinski definition) is 5. The monoisotopic (exact) mass is 287 g/mol. The molecule has 0 radical (unpaired) electrons. The van der Waals surface area contributed by atoms with Crippen molar-refractivity contribution in [1.29, 1.82) is 5.26 Å². The number of rotatable bonds is 5. The Hall–Kier alpha value is -2.39. The number of benzene rings is 1. The van der Waals surface area contributed by atoms with E-state index < -0.39 is 0 Å². The molecule has 2 amide bonds. The molecule has 0 aliphatic carbocycles. The van der Waals surface area contributed by atoms with Gasteiger partial charge < -0.3 is 4.74 Å². The molecule has 1 unspecified atom stereocenters. The second-order valence-corrected chi connectivity index (χ2v) is 4.80. The number of amides is 2. The van der Waals surface area contributed by atoms with Gasteiger partial charge in [0.25, 0.3) is 0 Å². The van der Waals surface area contributed by atoms with Crippen molar-refractivity contribution < 1.29 is 14.3 Å². The fourth-order valence-electron chi connectivity index (χ4n) is 2.34. The van der Waals surface area contributed by atoms with Crippen molar-refractivity contribution >= 4 is 11.8 Å². The average molecular weight is 287 g/mol. The molecule has 1 aliphatic heterocycles. The smallest absolute Gasteiger partial charge is 0.243 e. The lowest BCUT2D eigenvalue weighted by Gasteiger charge is -2.33.